The number of thiazole rings is 1. The molecule has 1 aliphatic rings. The van der Waals surface area contributed by atoms with Crippen LogP contribution in [0.4, 0.5) is 5.13 Å². The molecule has 1 aliphatic carbocycles. The van der Waals surface area contributed by atoms with E-state index in [1.54, 1.807) is 23.5 Å². The van der Waals surface area contributed by atoms with Gasteiger partial charge in [0.1, 0.15) is 18.1 Å². The fraction of sp³-hybridized carbons (Fsp3) is 0.263. The quantitative estimate of drug-likeness (QED) is 0.735. The number of anilines is 1. The number of para-hydroxylation sites is 1. The van der Waals surface area contributed by atoms with E-state index in [1.165, 1.54) is 17.7 Å². The second-order valence-corrected chi connectivity index (χ2v) is 7.00. The van der Waals surface area contributed by atoms with Gasteiger partial charge >= 0.3 is 0 Å². The number of carbonyl (C=O) groups excluding carboxylic acids is 1. The number of aromatic nitrogens is 1. The lowest BCUT2D eigenvalue weighted by atomic mass is 10.0. The van der Waals surface area contributed by atoms with E-state index < -0.39 is 0 Å². The van der Waals surface area contributed by atoms with Crippen molar-refractivity contribution in [2.24, 2.45) is 0 Å². The second kappa shape index (κ2) is 7.11. The van der Waals surface area contributed by atoms with E-state index >= 15 is 0 Å². The highest BCUT2D eigenvalue weighted by atomic mass is 32.1. The fourth-order valence-corrected chi connectivity index (χ4v) is 3.86. The molecule has 128 valence electrons. The van der Waals surface area contributed by atoms with Gasteiger partial charge in [-0.3, -0.25) is 10.1 Å². The van der Waals surface area contributed by atoms with E-state index in [9.17, 15) is 4.79 Å². The van der Waals surface area contributed by atoms with Crippen LogP contribution in [0.2, 0.25) is 0 Å². The summed E-state index contributed by atoms with van der Waals surface area (Å²) in [5.41, 5.74) is 1.13. The van der Waals surface area contributed by atoms with Crippen molar-refractivity contribution < 1.29 is 13.9 Å². The standard InChI is InChI=1S/C19H18N2O3S/c22-18(21-19-20-15-8-4-5-9-17(15)25-19)16-11-10-14(24-16)12-23-13-6-2-1-3-7-13/h1-3,6-7,10-11H,4-5,8-9,12H2,(H,20,21,22). The number of amides is 1. The molecule has 5 nitrogen and oxygen atoms in total. The Morgan fingerprint density at radius 2 is 2.00 bits per heavy atom. The number of aryl methyl sites for hydroxylation is 2. The molecule has 6 heteroatoms. The van der Waals surface area contributed by atoms with Crippen LogP contribution in [0.1, 0.15) is 39.7 Å². The number of ether oxygens (including phenoxy) is 1. The van der Waals surface area contributed by atoms with Gasteiger partial charge in [0.05, 0.1) is 5.69 Å². The minimum atomic E-state index is -0.281. The minimum Gasteiger partial charge on any atom is -0.486 e. The van der Waals surface area contributed by atoms with Gasteiger partial charge in [0.2, 0.25) is 0 Å². The third-order valence-electron chi connectivity index (χ3n) is 4.08. The molecule has 1 aromatic carbocycles. The van der Waals surface area contributed by atoms with Gasteiger partial charge in [-0.15, -0.1) is 11.3 Å². The van der Waals surface area contributed by atoms with Gasteiger partial charge in [-0.1, -0.05) is 18.2 Å². The molecule has 0 radical (unpaired) electrons. The Morgan fingerprint density at radius 1 is 1.16 bits per heavy atom. The molecule has 3 aromatic rings. The van der Waals surface area contributed by atoms with Crippen LogP contribution < -0.4 is 10.1 Å². The topological polar surface area (TPSA) is 64.4 Å². The van der Waals surface area contributed by atoms with Gasteiger partial charge in [-0.2, -0.15) is 0 Å². The summed E-state index contributed by atoms with van der Waals surface area (Å²) in [6.45, 7) is 0.281. The average Bonchev–Trinajstić information content (AvgIpc) is 3.27. The average molecular weight is 354 g/mol. The second-order valence-electron chi connectivity index (χ2n) is 5.92. The molecule has 25 heavy (non-hydrogen) atoms. The Hall–Kier alpha value is -2.60. The van der Waals surface area contributed by atoms with Crippen LogP contribution in [0.5, 0.6) is 5.75 Å². The zero-order chi connectivity index (χ0) is 17.1. The summed E-state index contributed by atoms with van der Waals surface area (Å²) in [6.07, 6.45) is 4.44. The summed E-state index contributed by atoms with van der Waals surface area (Å²) < 4.78 is 11.2. The number of furan rings is 1. The predicted octanol–water partition coefficient (Wildman–Crippen LogP) is 4.45. The first-order chi connectivity index (χ1) is 12.3. The molecule has 0 saturated carbocycles. The molecular weight excluding hydrogens is 336 g/mol. The van der Waals surface area contributed by atoms with Crippen molar-refractivity contribution in [1.82, 2.24) is 4.98 Å². The van der Waals surface area contributed by atoms with Crippen molar-refractivity contribution in [2.45, 2.75) is 32.3 Å². The maximum absolute atomic E-state index is 12.3. The number of rotatable bonds is 5. The summed E-state index contributed by atoms with van der Waals surface area (Å²) >= 11 is 1.56. The Labute approximate surface area is 149 Å². The SMILES string of the molecule is O=C(Nc1nc2c(s1)CCCC2)c1ccc(COc2ccccc2)o1. The van der Waals surface area contributed by atoms with Crippen LogP contribution in [-0.4, -0.2) is 10.9 Å². The zero-order valence-electron chi connectivity index (χ0n) is 13.7. The Bertz CT molecular complexity index is 846. The first kappa shape index (κ1) is 15.9. The first-order valence-electron chi connectivity index (χ1n) is 8.34. The van der Waals surface area contributed by atoms with E-state index in [0.29, 0.717) is 10.9 Å². The summed E-state index contributed by atoms with van der Waals surface area (Å²) in [6, 6.07) is 12.9. The lowest BCUT2D eigenvalue weighted by Gasteiger charge is -2.06. The molecule has 1 N–H and O–H groups in total. The van der Waals surface area contributed by atoms with Crippen molar-refractivity contribution in [2.75, 3.05) is 5.32 Å². The van der Waals surface area contributed by atoms with Crippen LogP contribution in [0, 0.1) is 0 Å². The van der Waals surface area contributed by atoms with Crippen molar-refractivity contribution >= 4 is 22.4 Å². The van der Waals surface area contributed by atoms with Gasteiger partial charge in [-0.25, -0.2) is 4.98 Å². The van der Waals surface area contributed by atoms with Crippen LogP contribution in [0.3, 0.4) is 0 Å². The number of hydrogen-bond acceptors (Lipinski definition) is 5. The molecule has 4 rings (SSSR count). The largest absolute Gasteiger partial charge is 0.486 e. The maximum atomic E-state index is 12.3. The van der Waals surface area contributed by atoms with Gasteiger partial charge in [0.25, 0.3) is 5.91 Å². The van der Waals surface area contributed by atoms with Gasteiger partial charge in [0, 0.05) is 4.88 Å². The monoisotopic (exact) mass is 354 g/mol. The van der Waals surface area contributed by atoms with Crippen molar-refractivity contribution in [1.29, 1.82) is 0 Å². The number of fused-ring (bicyclic) bond motifs is 1. The lowest BCUT2D eigenvalue weighted by Crippen LogP contribution is -2.10. The first-order valence-corrected chi connectivity index (χ1v) is 9.16. The smallest absolute Gasteiger partial charge is 0.293 e. The molecule has 0 atom stereocenters. The minimum absolute atomic E-state index is 0.264. The molecule has 1 amide bonds. The Morgan fingerprint density at radius 3 is 2.84 bits per heavy atom. The summed E-state index contributed by atoms with van der Waals surface area (Å²) in [5, 5.41) is 3.48. The van der Waals surface area contributed by atoms with Gasteiger partial charge in [0.15, 0.2) is 10.9 Å². The highest BCUT2D eigenvalue weighted by Gasteiger charge is 2.18. The number of benzene rings is 1. The highest BCUT2D eigenvalue weighted by molar-refractivity contribution is 7.15. The lowest BCUT2D eigenvalue weighted by molar-refractivity contribution is 0.0992. The molecule has 0 spiro atoms. The Balaban J connectivity index is 1.38. The summed E-state index contributed by atoms with van der Waals surface area (Å²) in [5.74, 6) is 1.35. The van der Waals surface area contributed by atoms with Gasteiger partial charge < -0.3 is 9.15 Å². The van der Waals surface area contributed by atoms with Crippen LogP contribution in [0.15, 0.2) is 46.9 Å². The zero-order valence-corrected chi connectivity index (χ0v) is 14.5. The van der Waals surface area contributed by atoms with E-state index in [2.05, 4.69) is 10.3 Å². The van der Waals surface area contributed by atoms with Crippen molar-refractivity contribution in [3.8, 4) is 5.75 Å². The van der Waals surface area contributed by atoms with Gasteiger partial charge in [-0.05, 0) is 49.9 Å². The normalized spacial score (nSPS) is 13.3. The molecule has 0 aliphatic heterocycles. The summed E-state index contributed by atoms with van der Waals surface area (Å²) in [4.78, 5) is 18.1. The van der Waals surface area contributed by atoms with Crippen LogP contribution in [-0.2, 0) is 19.4 Å². The van der Waals surface area contributed by atoms with Crippen molar-refractivity contribution in [3.63, 3.8) is 0 Å². The molecule has 2 heterocycles. The molecule has 0 saturated heterocycles. The number of carbonyl (C=O) groups is 1. The third-order valence-corrected chi connectivity index (χ3v) is 5.15. The molecular formula is C19H18N2O3S. The van der Waals surface area contributed by atoms with Crippen LogP contribution in [0.25, 0.3) is 0 Å². The van der Waals surface area contributed by atoms with E-state index in [-0.39, 0.29) is 18.3 Å². The third kappa shape index (κ3) is 3.74. The summed E-state index contributed by atoms with van der Waals surface area (Å²) in [7, 11) is 0. The number of hydrogen-bond donors (Lipinski definition) is 1. The Kier molecular flexibility index (Phi) is 4.52. The van der Waals surface area contributed by atoms with Crippen LogP contribution >= 0.6 is 11.3 Å². The maximum Gasteiger partial charge on any atom is 0.293 e. The molecule has 0 unspecified atom stereocenters. The highest BCUT2D eigenvalue weighted by Crippen LogP contribution is 2.29. The number of nitrogens with one attached hydrogen (secondary N) is 1. The fourth-order valence-electron chi connectivity index (χ4n) is 2.81. The molecule has 2 aromatic heterocycles. The van der Waals surface area contributed by atoms with E-state index in [1.807, 2.05) is 30.3 Å². The molecule has 0 fully saturated rings. The molecule has 0 bridgehead atoms. The van der Waals surface area contributed by atoms with Crippen molar-refractivity contribution in [3.05, 3.63) is 64.6 Å². The van der Waals surface area contributed by atoms with E-state index in [4.69, 9.17) is 9.15 Å². The predicted molar refractivity (Wildman–Crippen MR) is 96.2 cm³/mol. The van der Waals surface area contributed by atoms with E-state index in [0.717, 1.165) is 24.3 Å². The number of nitrogens with zero attached hydrogens (tertiary/aromatic N) is 1.